The van der Waals surface area contributed by atoms with Crippen LogP contribution < -0.4 is 5.32 Å². The van der Waals surface area contributed by atoms with Gasteiger partial charge in [-0.3, -0.25) is 25.0 Å². The molecular formula is C14H9Cl2N3O5. The summed E-state index contributed by atoms with van der Waals surface area (Å²) < 4.78 is 0. The molecule has 1 N–H and O–H groups in total. The Bertz CT molecular complexity index is 834. The molecule has 1 amide bonds. The van der Waals surface area contributed by atoms with Gasteiger partial charge in [0.15, 0.2) is 5.02 Å². The first kappa shape index (κ1) is 17.6. The molecule has 0 aliphatic heterocycles. The first-order valence-corrected chi connectivity index (χ1v) is 7.16. The average Bonchev–Trinajstić information content (AvgIpc) is 2.50. The third kappa shape index (κ3) is 3.61. The highest BCUT2D eigenvalue weighted by atomic mass is 35.5. The van der Waals surface area contributed by atoms with E-state index in [0.29, 0.717) is 16.3 Å². The monoisotopic (exact) mass is 369 g/mol. The zero-order chi connectivity index (χ0) is 18.0. The molecule has 0 saturated carbocycles. The minimum absolute atomic E-state index is 0.267. The number of anilines is 1. The zero-order valence-electron chi connectivity index (χ0n) is 12.1. The number of nitro groups is 2. The lowest BCUT2D eigenvalue weighted by atomic mass is 10.1. The first-order valence-electron chi connectivity index (χ1n) is 6.40. The van der Waals surface area contributed by atoms with Gasteiger partial charge in [-0.2, -0.15) is 0 Å². The summed E-state index contributed by atoms with van der Waals surface area (Å²) in [5, 5.41) is 24.2. The van der Waals surface area contributed by atoms with E-state index in [9.17, 15) is 25.0 Å². The smallest absolute Gasteiger partial charge is 0.295 e. The van der Waals surface area contributed by atoms with Gasteiger partial charge in [0, 0.05) is 22.8 Å². The molecule has 0 atom stereocenters. The van der Waals surface area contributed by atoms with E-state index in [4.69, 9.17) is 23.2 Å². The number of carbonyl (C=O) groups is 1. The van der Waals surface area contributed by atoms with Crippen molar-refractivity contribution in [3.8, 4) is 0 Å². The van der Waals surface area contributed by atoms with E-state index in [1.165, 1.54) is 6.07 Å². The Labute approximate surface area is 145 Å². The highest BCUT2D eigenvalue weighted by molar-refractivity contribution is 6.35. The van der Waals surface area contributed by atoms with Crippen LogP contribution in [0.2, 0.25) is 10.0 Å². The van der Waals surface area contributed by atoms with Crippen molar-refractivity contribution in [3.05, 3.63) is 71.7 Å². The van der Waals surface area contributed by atoms with Crippen molar-refractivity contribution >= 4 is 46.2 Å². The molecule has 0 spiro atoms. The summed E-state index contributed by atoms with van der Waals surface area (Å²) in [6.07, 6.45) is 0. The van der Waals surface area contributed by atoms with Gasteiger partial charge in [-0.15, -0.1) is 0 Å². The van der Waals surface area contributed by atoms with E-state index in [1.54, 1.807) is 19.1 Å². The molecule has 0 heterocycles. The molecule has 0 aliphatic rings. The van der Waals surface area contributed by atoms with Crippen molar-refractivity contribution in [2.45, 2.75) is 6.92 Å². The van der Waals surface area contributed by atoms with Crippen LogP contribution in [0.5, 0.6) is 0 Å². The summed E-state index contributed by atoms with van der Waals surface area (Å²) in [6, 6.07) is 6.55. The van der Waals surface area contributed by atoms with Crippen LogP contribution in [0.3, 0.4) is 0 Å². The van der Waals surface area contributed by atoms with Crippen molar-refractivity contribution in [2.75, 3.05) is 5.32 Å². The highest BCUT2D eigenvalue weighted by Crippen LogP contribution is 2.35. The molecule has 0 bridgehead atoms. The molecule has 124 valence electrons. The van der Waals surface area contributed by atoms with Gasteiger partial charge in [0.2, 0.25) is 0 Å². The Balaban J connectivity index is 2.47. The van der Waals surface area contributed by atoms with E-state index in [-0.39, 0.29) is 5.56 Å². The number of aryl methyl sites for hydroxylation is 1. The molecule has 10 heteroatoms. The van der Waals surface area contributed by atoms with E-state index < -0.39 is 32.2 Å². The fourth-order valence-corrected chi connectivity index (χ4v) is 2.33. The van der Waals surface area contributed by atoms with Crippen LogP contribution in [-0.4, -0.2) is 15.8 Å². The lowest BCUT2D eigenvalue weighted by Gasteiger charge is -2.09. The number of nitrogens with zero attached hydrogens (tertiary/aromatic N) is 2. The normalized spacial score (nSPS) is 10.3. The Morgan fingerprint density at radius 1 is 1.04 bits per heavy atom. The Morgan fingerprint density at radius 2 is 1.58 bits per heavy atom. The van der Waals surface area contributed by atoms with Gasteiger partial charge in [-0.05, 0) is 24.6 Å². The molecule has 2 aromatic rings. The van der Waals surface area contributed by atoms with Crippen LogP contribution in [0.25, 0.3) is 0 Å². The van der Waals surface area contributed by atoms with E-state index in [1.807, 2.05) is 0 Å². The highest BCUT2D eigenvalue weighted by Gasteiger charge is 2.27. The number of nitrogens with one attached hydrogen (secondary N) is 1. The maximum atomic E-state index is 12.3. The van der Waals surface area contributed by atoms with Crippen molar-refractivity contribution < 1.29 is 14.6 Å². The standard InChI is InChI=1S/C14H9Cl2N3O5/c1-7-2-3-9(15)6-10(7)17-14(20)8-4-11(18(21)22)13(16)12(5-8)19(23)24/h2-6H,1H3,(H,17,20). The predicted molar refractivity (Wildman–Crippen MR) is 88.9 cm³/mol. The molecule has 2 aromatic carbocycles. The summed E-state index contributed by atoms with van der Waals surface area (Å²) in [4.78, 5) is 32.5. The zero-order valence-corrected chi connectivity index (χ0v) is 13.6. The third-order valence-electron chi connectivity index (χ3n) is 3.14. The second kappa shape index (κ2) is 6.81. The van der Waals surface area contributed by atoms with Crippen LogP contribution in [-0.2, 0) is 0 Å². The minimum Gasteiger partial charge on any atom is -0.322 e. The number of benzene rings is 2. The number of amides is 1. The van der Waals surface area contributed by atoms with Gasteiger partial charge in [0.25, 0.3) is 17.3 Å². The number of hydrogen-bond donors (Lipinski definition) is 1. The fourth-order valence-electron chi connectivity index (χ4n) is 1.91. The van der Waals surface area contributed by atoms with Gasteiger partial charge in [0.05, 0.1) is 15.4 Å². The summed E-state index contributed by atoms with van der Waals surface area (Å²) in [5.74, 6) is -0.761. The van der Waals surface area contributed by atoms with Crippen molar-refractivity contribution in [1.82, 2.24) is 0 Å². The lowest BCUT2D eigenvalue weighted by molar-refractivity contribution is -0.393. The third-order valence-corrected chi connectivity index (χ3v) is 3.76. The van der Waals surface area contributed by atoms with Crippen LogP contribution >= 0.6 is 23.2 Å². The predicted octanol–water partition coefficient (Wildman–Crippen LogP) is 4.37. The van der Waals surface area contributed by atoms with Crippen LogP contribution in [0.15, 0.2) is 30.3 Å². The topological polar surface area (TPSA) is 115 Å². The van der Waals surface area contributed by atoms with Crippen LogP contribution in [0.4, 0.5) is 17.1 Å². The summed E-state index contributed by atoms with van der Waals surface area (Å²) >= 11 is 11.5. The maximum Gasteiger partial charge on any atom is 0.295 e. The second-order valence-corrected chi connectivity index (χ2v) is 5.57. The van der Waals surface area contributed by atoms with Gasteiger partial charge >= 0.3 is 0 Å². The molecule has 0 aliphatic carbocycles. The van der Waals surface area contributed by atoms with Gasteiger partial charge in [-0.25, -0.2) is 0 Å². The molecule has 0 aromatic heterocycles. The number of carbonyl (C=O) groups excluding carboxylic acids is 1. The quantitative estimate of drug-likeness (QED) is 0.634. The van der Waals surface area contributed by atoms with Crippen LogP contribution in [0.1, 0.15) is 15.9 Å². The average molecular weight is 370 g/mol. The Morgan fingerprint density at radius 3 is 2.08 bits per heavy atom. The molecule has 0 saturated heterocycles. The molecule has 8 nitrogen and oxygen atoms in total. The molecule has 24 heavy (non-hydrogen) atoms. The van der Waals surface area contributed by atoms with E-state index in [0.717, 1.165) is 12.1 Å². The van der Waals surface area contributed by atoms with Gasteiger partial charge < -0.3 is 5.32 Å². The summed E-state index contributed by atoms with van der Waals surface area (Å²) in [6.45, 7) is 1.72. The van der Waals surface area contributed by atoms with Crippen LogP contribution in [0, 0.1) is 27.2 Å². The number of nitro benzene ring substituents is 2. The number of rotatable bonds is 4. The van der Waals surface area contributed by atoms with Gasteiger partial charge in [-0.1, -0.05) is 29.3 Å². The summed E-state index contributed by atoms with van der Waals surface area (Å²) in [5.41, 5.74) is -0.631. The van der Waals surface area contributed by atoms with Crippen molar-refractivity contribution in [3.63, 3.8) is 0 Å². The maximum absolute atomic E-state index is 12.3. The second-order valence-electron chi connectivity index (χ2n) is 4.76. The van der Waals surface area contributed by atoms with Gasteiger partial charge in [0.1, 0.15) is 0 Å². The van der Waals surface area contributed by atoms with Crippen molar-refractivity contribution in [2.24, 2.45) is 0 Å². The molecular weight excluding hydrogens is 361 g/mol. The Hall–Kier alpha value is -2.71. The molecule has 0 radical (unpaired) electrons. The van der Waals surface area contributed by atoms with Crippen molar-refractivity contribution in [1.29, 1.82) is 0 Å². The number of halogens is 2. The fraction of sp³-hybridized carbons (Fsp3) is 0.0714. The van der Waals surface area contributed by atoms with E-state index >= 15 is 0 Å². The largest absolute Gasteiger partial charge is 0.322 e. The lowest BCUT2D eigenvalue weighted by Crippen LogP contribution is -2.13. The molecule has 0 unspecified atom stereocenters. The SMILES string of the molecule is Cc1ccc(Cl)cc1NC(=O)c1cc([N+](=O)[O-])c(Cl)c([N+](=O)[O-])c1. The first-order chi connectivity index (χ1) is 11.2. The Kier molecular flexibility index (Phi) is 5.01. The summed E-state index contributed by atoms with van der Waals surface area (Å²) in [7, 11) is 0. The molecule has 2 rings (SSSR count). The molecule has 0 fully saturated rings. The minimum atomic E-state index is -0.892. The van der Waals surface area contributed by atoms with E-state index in [2.05, 4.69) is 5.32 Å². The number of hydrogen-bond acceptors (Lipinski definition) is 5.